The van der Waals surface area contributed by atoms with Crippen molar-refractivity contribution in [3.63, 3.8) is 0 Å². The molecule has 0 aliphatic rings. The number of alkyl halides is 1. The molecular formula is C14H16ClNO2S2. The van der Waals surface area contributed by atoms with Crippen molar-refractivity contribution in [1.82, 2.24) is 4.72 Å². The summed E-state index contributed by atoms with van der Waals surface area (Å²) in [6.45, 7) is 1.84. The van der Waals surface area contributed by atoms with Crippen molar-refractivity contribution in [1.29, 1.82) is 0 Å². The fraction of sp³-hybridized carbons (Fsp3) is 0.286. The molecule has 1 aromatic heterocycles. The Bertz CT molecular complexity index is 636. The first-order valence-electron chi connectivity index (χ1n) is 6.23. The van der Waals surface area contributed by atoms with Crippen molar-refractivity contribution >= 4 is 33.0 Å². The molecule has 1 aromatic carbocycles. The van der Waals surface area contributed by atoms with Crippen molar-refractivity contribution in [3.05, 3.63) is 52.2 Å². The van der Waals surface area contributed by atoms with Gasteiger partial charge in [-0.1, -0.05) is 18.2 Å². The third-order valence-corrected chi connectivity index (χ3v) is 5.72. The largest absolute Gasteiger partial charge is 0.241 e. The van der Waals surface area contributed by atoms with Crippen molar-refractivity contribution in [2.45, 2.75) is 24.3 Å². The lowest BCUT2D eigenvalue weighted by Gasteiger charge is -2.13. The summed E-state index contributed by atoms with van der Waals surface area (Å²) in [6, 6.07) is 10.4. The molecule has 1 atom stereocenters. The van der Waals surface area contributed by atoms with Gasteiger partial charge in [0.1, 0.15) is 0 Å². The highest BCUT2D eigenvalue weighted by Gasteiger charge is 2.18. The van der Waals surface area contributed by atoms with E-state index in [1.165, 1.54) is 11.3 Å². The van der Waals surface area contributed by atoms with E-state index >= 15 is 0 Å². The predicted octanol–water partition coefficient (Wildman–Crippen LogP) is 3.57. The third-order valence-electron chi connectivity index (χ3n) is 2.92. The van der Waals surface area contributed by atoms with E-state index in [0.717, 1.165) is 16.9 Å². The molecule has 0 amide bonds. The van der Waals surface area contributed by atoms with Crippen LogP contribution in [-0.2, 0) is 16.4 Å². The first-order valence-corrected chi connectivity index (χ1v) is 9.13. The number of thiophene rings is 1. The second-order valence-corrected chi connectivity index (χ2v) is 7.51. The van der Waals surface area contributed by atoms with Crippen LogP contribution in [0.4, 0.5) is 0 Å². The molecule has 0 radical (unpaired) electrons. The molecule has 1 N–H and O–H groups in total. The number of hydrogen-bond acceptors (Lipinski definition) is 3. The molecule has 0 saturated carbocycles. The van der Waals surface area contributed by atoms with Gasteiger partial charge in [-0.3, -0.25) is 0 Å². The van der Waals surface area contributed by atoms with E-state index in [1.54, 1.807) is 24.3 Å². The maximum atomic E-state index is 12.3. The Hall–Kier alpha value is -0.880. The molecule has 0 spiro atoms. The molecule has 0 aliphatic heterocycles. The van der Waals surface area contributed by atoms with Crippen molar-refractivity contribution in [2.75, 3.05) is 5.88 Å². The zero-order chi connectivity index (χ0) is 14.6. The number of aryl methyl sites for hydroxylation is 1. The molecule has 6 heteroatoms. The van der Waals surface area contributed by atoms with Crippen LogP contribution in [0.2, 0.25) is 0 Å². The van der Waals surface area contributed by atoms with Crippen LogP contribution in [0.1, 0.15) is 23.4 Å². The topological polar surface area (TPSA) is 46.2 Å². The highest BCUT2D eigenvalue weighted by molar-refractivity contribution is 7.89. The second kappa shape index (κ2) is 6.72. The summed E-state index contributed by atoms with van der Waals surface area (Å²) in [5.41, 5.74) is 1.03. The van der Waals surface area contributed by atoms with Gasteiger partial charge >= 0.3 is 0 Å². The second-order valence-electron chi connectivity index (χ2n) is 4.44. The molecule has 108 valence electrons. The normalized spacial score (nSPS) is 13.3. The minimum absolute atomic E-state index is 0.234. The van der Waals surface area contributed by atoms with Gasteiger partial charge in [0.2, 0.25) is 10.0 Å². The van der Waals surface area contributed by atoms with E-state index in [0.29, 0.717) is 5.88 Å². The van der Waals surface area contributed by atoms with Gasteiger partial charge in [-0.25, -0.2) is 13.1 Å². The fourth-order valence-corrected chi connectivity index (χ4v) is 4.09. The van der Waals surface area contributed by atoms with Crippen LogP contribution in [-0.4, -0.2) is 14.3 Å². The summed E-state index contributed by atoms with van der Waals surface area (Å²) in [5, 5.41) is 1.93. The standard InChI is InChI=1S/C14H16ClNO2S2/c1-11(14-3-2-10-19-14)16-20(17,18)13-6-4-12(5-7-13)8-9-15/h2-7,10-11,16H,8-9H2,1H3/t11-/m0/s1. The maximum Gasteiger partial charge on any atom is 0.241 e. The van der Waals surface area contributed by atoms with Crippen molar-refractivity contribution < 1.29 is 8.42 Å². The van der Waals surface area contributed by atoms with Crippen LogP contribution < -0.4 is 4.72 Å². The van der Waals surface area contributed by atoms with Crippen LogP contribution in [0.5, 0.6) is 0 Å². The average molecular weight is 330 g/mol. The third kappa shape index (κ3) is 3.82. The van der Waals surface area contributed by atoms with Gasteiger partial charge in [0.05, 0.1) is 10.9 Å². The van der Waals surface area contributed by atoms with Crippen LogP contribution in [0.15, 0.2) is 46.7 Å². The molecule has 20 heavy (non-hydrogen) atoms. The number of rotatable bonds is 6. The number of benzene rings is 1. The van der Waals surface area contributed by atoms with Gasteiger partial charge in [0.25, 0.3) is 0 Å². The van der Waals surface area contributed by atoms with Crippen LogP contribution in [0, 0.1) is 0 Å². The molecule has 1 heterocycles. The van der Waals surface area contributed by atoms with Gasteiger partial charge in [0.15, 0.2) is 0 Å². The Kier molecular flexibility index (Phi) is 5.21. The maximum absolute atomic E-state index is 12.3. The molecule has 2 aromatic rings. The minimum Gasteiger partial charge on any atom is -0.207 e. The van der Waals surface area contributed by atoms with Gasteiger partial charge in [-0.2, -0.15) is 0 Å². The van der Waals surface area contributed by atoms with Gasteiger partial charge in [-0.15, -0.1) is 22.9 Å². The minimum atomic E-state index is -3.49. The Labute approximate surface area is 128 Å². The smallest absolute Gasteiger partial charge is 0.207 e. The molecular weight excluding hydrogens is 314 g/mol. The lowest BCUT2D eigenvalue weighted by molar-refractivity contribution is 0.568. The highest BCUT2D eigenvalue weighted by atomic mass is 35.5. The first-order chi connectivity index (χ1) is 9.53. The summed E-state index contributed by atoms with van der Waals surface area (Å²) >= 11 is 7.20. The Balaban J connectivity index is 2.13. The predicted molar refractivity (Wildman–Crippen MR) is 83.9 cm³/mol. The lowest BCUT2D eigenvalue weighted by Crippen LogP contribution is -2.26. The molecule has 0 aliphatic carbocycles. The Morgan fingerprint density at radius 1 is 1.25 bits per heavy atom. The van der Waals surface area contributed by atoms with Crippen molar-refractivity contribution in [2.24, 2.45) is 0 Å². The summed E-state index contributed by atoms with van der Waals surface area (Å²) < 4.78 is 27.2. The molecule has 0 fully saturated rings. The molecule has 0 unspecified atom stereocenters. The number of hydrogen-bond donors (Lipinski definition) is 1. The number of nitrogens with one attached hydrogen (secondary N) is 1. The fourth-order valence-electron chi connectivity index (χ4n) is 1.84. The van der Waals surface area contributed by atoms with Crippen LogP contribution in [0.3, 0.4) is 0 Å². The molecule has 0 bridgehead atoms. The molecule has 2 rings (SSSR count). The quantitative estimate of drug-likeness (QED) is 0.823. The summed E-state index contributed by atoms with van der Waals surface area (Å²) in [4.78, 5) is 1.27. The molecule has 0 saturated heterocycles. The Morgan fingerprint density at radius 2 is 1.95 bits per heavy atom. The van der Waals surface area contributed by atoms with Gasteiger partial charge in [-0.05, 0) is 42.5 Å². The lowest BCUT2D eigenvalue weighted by atomic mass is 10.2. The van der Waals surface area contributed by atoms with E-state index in [4.69, 9.17) is 11.6 Å². The Morgan fingerprint density at radius 3 is 2.50 bits per heavy atom. The first kappa shape index (κ1) is 15.5. The van der Waals surface area contributed by atoms with Crippen molar-refractivity contribution in [3.8, 4) is 0 Å². The van der Waals surface area contributed by atoms with Gasteiger partial charge in [0, 0.05) is 10.8 Å². The average Bonchev–Trinajstić information content (AvgIpc) is 2.93. The van der Waals surface area contributed by atoms with Gasteiger partial charge < -0.3 is 0 Å². The molecule has 3 nitrogen and oxygen atoms in total. The highest BCUT2D eigenvalue weighted by Crippen LogP contribution is 2.21. The zero-order valence-corrected chi connectivity index (χ0v) is 13.4. The SMILES string of the molecule is C[C@H](NS(=O)(=O)c1ccc(CCCl)cc1)c1cccs1. The van der Waals surface area contributed by atoms with Crippen LogP contribution in [0.25, 0.3) is 0 Å². The van der Waals surface area contributed by atoms with E-state index < -0.39 is 10.0 Å². The number of halogens is 1. The summed E-state index contributed by atoms with van der Waals surface area (Å²) in [7, 11) is -3.49. The van der Waals surface area contributed by atoms with E-state index in [2.05, 4.69) is 4.72 Å². The van der Waals surface area contributed by atoms with E-state index in [-0.39, 0.29) is 10.9 Å². The zero-order valence-electron chi connectivity index (χ0n) is 11.0. The summed E-state index contributed by atoms with van der Waals surface area (Å²) in [6.07, 6.45) is 0.737. The number of sulfonamides is 1. The van der Waals surface area contributed by atoms with Crippen LogP contribution >= 0.6 is 22.9 Å². The van der Waals surface area contributed by atoms with E-state index in [1.807, 2.05) is 24.4 Å². The van der Waals surface area contributed by atoms with E-state index in [9.17, 15) is 8.42 Å². The monoisotopic (exact) mass is 329 g/mol. The summed E-state index contributed by atoms with van der Waals surface area (Å²) in [5.74, 6) is 0.528.